The molecule has 0 aliphatic heterocycles. The Bertz CT molecular complexity index is 211. The van der Waals surface area contributed by atoms with E-state index >= 15 is 0 Å². The average Bonchev–Trinajstić information content (AvgIpc) is 2.02. The molecule has 0 saturated carbocycles. The van der Waals surface area contributed by atoms with Crippen LogP contribution < -0.4 is 0 Å². The summed E-state index contributed by atoms with van der Waals surface area (Å²) in [4.78, 5) is 10.9. The minimum atomic E-state index is 0.130. The first-order valence-corrected chi connectivity index (χ1v) is 4.79. The van der Waals surface area contributed by atoms with E-state index in [1.807, 2.05) is 0 Å². The summed E-state index contributed by atoms with van der Waals surface area (Å²) in [6, 6.07) is 0. The number of aldehydes is 1. The van der Waals surface area contributed by atoms with Gasteiger partial charge >= 0.3 is 0 Å². The summed E-state index contributed by atoms with van der Waals surface area (Å²) in [6.07, 6.45) is 5.64. The molecule has 0 heterocycles. The lowest BCUT2D eigenvalue weighted by molar-refractivity contribution is -0.106. The Balaban J connectivity index is 3.02. The van der Waals surface area contributed by atoms with Crippen LogP contribution in [0.15, 0.2) is 11.1 Å². The van der Waals surface area contributed by atoms with Gasteiger partial charge in [0.25, 0.3) is 0 Å². The van der Waals surface area contributed by atoms with Crippen molar-refractivity contribution in [1.29, 1.82) is 0 Å². The molecule has 1 rings (SSSR count). The van der Waals surface area contributed by atoms with Crippen molar-refractivity contribution in [1.82, 2.24) is 0 Å². The van der Waals surface area contributed by atoms with E-state index in [0.29, 0.717) is 0 Å². The van der Waals surface area contributed by atoms with Crippen LogP contribution in [0.2, 0.25) is 0 Å². The molecule has 0 fully saturated rings. The maximum atomic E-state index is 10.9. The Hall–Kier alpha value is -0.590. The van der Waals surface area contributed by atoms with Gasteiger partial charge in [-0.2, -0.15) is 0 Å². The molecule has 68 valence electrons. The minimum Gasteiger partial charge on any atom is -0.298 e. The van der Waals surface area contributed by atoms with Crippen molar-refractivity contribution in [3.8, 4) is 0 Å². The Morgan fingerprint density at radius 2 is 2.17 bits per heavy atom. The lowest BCUT2D eigenvalue weighted by Gasteiger charge is -2.32. The van der Waals surface area contributed by atoms with Crippen molar-refractivity contribution in [2.24, 2.45) is 5.41 Å². The first-order valence-electron chi connectivity index (χ1n) is 4.79. The van der Waals surface area contributed by atoms with E-state index in [0.717, 1.165) is 31.1 Å². The summed E-state index contributed by atoms with van der Waals surface area (Å²) >= 11 is 0. The summed E-state index contributed by atoms with van der Waals surface area (Å²) in [7, 11) is 0. The fourth-order valence-electron chi connectivity index (χ4n) is 2.10. The number of carbonyl (C=O) groups is 1. The molecule has 0 spiro atoms. The van der Waals surface area contributed by atoms with E-state index in [1.165, 1.54) is 12.0 Å². The molecular formula is C11H18O. The van der Waals surface area contributed by atoms with Crippen LogP contribution in [-0.2, 0) is 4.79 Å². The maximum absolute atomic E-state index is 10.9. The first-order chi connectivity index (χ1) is 5.61. The second-order valence-corrected chi connectivity index (χ2v) is 4.23. The molecule has 1 nitrogen and oxygen atoms in total. The topological polar surface area (TPSA) is 17.1 Å². The van der Waals surface area contributed by atoms with Crippen molar-refractivity contribution >= 4 is 6.29 Å². The fraction of sp³-hybridized carbons (Fsp3) is 0.727. The van der Waals surface area contributed by atoms with Gasteiger partial charge in [-0.3, -0.25) is 4.79 Å². The van der Waals surface area contributed by atoms with Crippen LogP contribution in [0.25, 0.3) is 0 Å². The van der Waals surface area contributed by atoms with Crippen LogP contribution >= 0.6 is 0 Å². The van der Waals surface area contributed by atoms with E-state index in [-0.39, 0.29) is 5.41 Å². The van der Waals surface area contributed by atoms with Crippen LogP contribution in [0, 0.1) is 5.41 Å². The number of carbonyl (C=O) groups excluding carboxylic acids is 1. The smallest absolute Gasteiger partial charge is 0.146 e. The molecule has 12 heavy (non-hydrogen) atoms. The third kappa shape index (κ3) is 1.60. The molecule has 1 aliphatic carbocycles. The van der Waals surface area contributed by atoms with Crippen LogP contribution in [0.3, 0.4) is 0 Å². The minimum absolute atomic E-state index is 0.130. The van der Waals surface area contributed by atoms with E-state index < -0.39 is 0 Å². The Labute approximate surface area is 74.9 Å². The molecule has 0 atom stereocenters. The average molecular weight is 166 g/mol. The van der Waals surface area contributed by atoms with Crippen LogP contribution in [0.1, 0.15) is 46.5 Å². The third-order valence-electron chi connectivity index (χ3n) is 2.93. The predicted molar refractivity (Wildman–Crippen MR) is 51.0 cm³/mol. The van der Waals surface area contributed by atoms with E-state index in [1.54, 1.807) is 0 Å². The number of allylic oxidation sites excluding steroid dienone is 2. The van der Waals surface area contributed by atoms with Crippen molar-refractivity contribution in [2.75, 3.05) is 0 Å². The second kappa shape index (κ2) is 3.42. The summed E-state index contributed by atoms with van der Waals surface area (Å²) in [5.74, 6) is 0. The van der Waals surface area contributed by atoms with Gasteiger partial charge in [-0.25, -0.2) is 0 Å². The number of hydrogen-bond donors (Lipinski definition) is 0. The van der Waals surface area contributed by atoms with Gasteiger partial charge in [0.1, 0.15) is 6.29 Å². The van der Waals surface area contributed by atoms with Gasteiger partial charge in [0.05, 0.1) is 0 Å². The van der Waals surface area contributed by atoms with Gasteiger partial charge in [-0.15, -0.1) is 0 Å². The standard InChI is InChI=1S/C11H18O/c1-4-9-6-5-7-11(2,3)10(9)8-12/h8H,4-7H2,1-3H3. The zero-order valence-corrected chi connectivity index (χ0v) is 8.31. The molecule has 0 aromatic carbocycles. The highest BCUT2D eigenvalue weighted by molar-refractivity contribution is 5.77. The molecule has 0 amide bonds. The predicted octanol–water partition coefficient (Wildman–Crippen LogP) is 3.10. The Kier molecular flexibility index (Phi) is 2.71. The summed E-state index contributed by atoms with van der Waals surface area (Å²) in [5.41, 5.74) is 2.57. The SMILES string of the molecule is CCC1=C(C=O)C(C)(C)CCC1. The molecular weight excluding hydrogens is 148 g/mol. The number of hydrogen-bond acceptors (Lipinski definition) is 1. The maximum Gasteiger partial charge on any atom is 0.146 e. The van der Waals surface area contributed by atoms with Gasteiger partial charge in [-0.1, -0.05) is 26.3 Å². The third-order valence-corrected chi connectivity index (χ3v) is 2.93. The van der Waals surface area contributed by atoms with E-state index in [9.17, 15) is 4.79 Å². The highest BCUT2D eigenvalue weighted by Crippen LogP contribution is 2.39. The molecule has 0 aromatic rings. The van der Waals surface area contributed by atoms with Crippen molar-refractivity contribution < 1.29 is 4.79 Å². The molecule has 0 unspecified atom stereocenters. The normalized spacial score (nSPS) is 22.6. The number of rotatable bonds is 2. The molecule has 1 aliphatic rings. The molecule has 0 aromatic heterocycles. The van der Waals surface area contributed by atoms with Crippen molar-refractivity contribution in [3.63, 3.8) is 0 Å². The highest BCUT2D eigenvalue weighted by atomic mass is 16.1. The zero-order chi connectivity index (χ0) is 9.19. The van der Waals surface area contributed by atoms with Gasteiger partial charge in [0.2, 0.25) is 0 Å². The summed E-state index contributed by atoms with van der Waals surface area (Å²) in [5, 5.41) is 0. The van der Waals surface area contributed by atoms with Crippen LogP contribution in [0.4, 0.5) is 0 Å². The van der Waals surface area contributed by atoms with Crippen molar-refractivity contribution in [3.05, 3.63) is 11.1 Å². The van der Waals surface area contributed by atoms with Gasteiger partial charge in [0, 0.05) is 0 Å². The van der Waals surface area contributed by atoms with Gasteiger partial charge in [-0.05, 0) is 36.7 Å². The van der Waals surface area contributed by atoms with Gasteiger partial charge < -0.3 is 0 Å². The molecule has 0 radical (unpaired) electrons. The molecule has 0 bridgehead atoms. The Morgan fingerprint density at radius 1 is 1.50 bits per heavy atom. The molecule has 0 N–H and O–H groups in total. The lowest BCUT2D eigenvalue weighted by Crippen LogP contribution is -2.21. The van der Waals surface area contributed by atoms with Crippen LogP contribution in [-0.4, -0.2) is 6.29 Å². The summed E-state index contributed by atoms with van der Waals surface area (Å²) < 4.78 is 0. The summed E-state index contributed by atoms with van der Waals surface area (Å²) in [6.45, 7) is 6.48. The zero-order valence-electron chi connectivity index (χ0n) is 8.31. The van der Waals surface area contributed by atoms with E-state index in [2.05, 4.69) is 20.8 Å². The largest absolute Gasteiger partial charge is 0.298 e. The van der Waals surface area contributed by atoms with Gasteiger partial charge in [0.15, 0.2) is 0 Å². The highest BCUT2D eigenvalue weighted by Gasteiger charge is 2.28. The fourth-order valence-corrected chi connectivity index (χ4v) is 2.10. The van der Waals surface area contributed by atoms with Crippen molar-refractivity contribution in [2.45, 2.75) is 46.5 Å². The van der Waals surface area contributed by atoms with E-state index in [4.69, 9.17) is 0 Å². The lowest BCUT2D eigenvalue weighted by atomic mass is 9.72. The monoisotopic (exact) mass is 166 g/mol. The van der Waals surface area contributed by atoms with Crippen LogP contribution in [0.5, 0.6) is 0 Å². The molecule has 0 saturated heterocycles. The first kappa shape index (κ1) is 9.50. The quantitative estimate of drug-likeness (QED) is 0.576. The Morgan fingerprint density at radius 3 is 2.58 bits per heavy atom. The molecule has 1 heteroatoms. The second-order valence-electron chi connectivity index (χ2n) is 4.23.